The van der Waals surface area contributed by atoms with Gasteiger partial charge >= 0.3 is 0 Å². The van der Waals surface area contributed by atoms with E-state index in [1.165, 1.54) is 12.5 Å². The highest BCUT2D eigenvalue weighted by Gasteiger charge is 2.20. The van der Waals surface area contributed by atoms with Crippen LogP contribution in [0.3, 0.4) is 0 Å². The molecule has 0 fully saturated rings. The number of carbonyl (C=O) groups excluding carboxylic acids is 1. The Morgan fingerprint density at radius 2 is 2.00 bits per heavy atom. The first kappa shape index (κ1) is 16.9. The van der Waals surface area contributed by atoms with Crippen molar-refractivity contribution in [1.29, 1.82) is 0 Å². The Bertz CT molecular complexity index is 755. The van der Waals surface area contributed by atoms with Gasteiger partial charge < -0.3 is 4.42 Å². The van der Waals surface area contributed by atoms with Crippen LogP contribution in [-0.2, 0) is 21.4 Å². The van der Waals surface area contributed by atoms with Crippen molar-refractivity contribution in [2.75, 3.05) is 12.8 Å². The Kier molecular flexibility index (Phi) is 5.67. The second kappa shape index (κ2) is 7.70. The minimum absolute atomic E-state index is 0.120. The van der Waals surface area contributed by atoms with Gasteiger partial charge in [-0.2, -0.15) is 9.41 Å². The number of rotatable bonds is 7. The zero-order chi connectivity index (χ0) is 16.7. The molecule has 1 N–H and O–H groups in total. The lowest BCUT2D eigenvalue weighted by Crippen LogP contribution is -2.38. The lowest BCUT2D eigenvalue weighted by atomic mass is 10.2. The Morgan fingerprint density at radius 3 is 2.61 bits per heavy atom. The maximum atomic E-state index is 11.9. The van der Waals surface area contributed by atoms with E-state index in [4.69, 9.17) is 4.42 Å². The van der Waals surface area contributed by atoms with Gasteiger partial charge in [-0.15, -0.1) is 0 Å². The molecule has 0 bridgehead atoms. The van der Waals surface area contributed by atoms with E-state index in [9.17, 15) is 13.2 Å². The molecule has 1 amide bonds. The maximum absolute atomic E-state index is 11.9. The second-order valence-corrected chi connectivity index (χ2v) is 6.81. The summed E-state index contributed by atoms with van der Waals surface area (Å²) in [6.07, 6.45) is 3.88. The van der Waals surface area contributed by atoms with Gasteiger partial charge in [0.15, 0.2) is 0 Å². The maximum Gasteiger partial charge on any atom is 0.255 e. The molecule has 0 aliphatic carbocycles. The number of nitrogens with zero attached hydrogens (tertiary/aromatic N) is 2. The average Bonchev–Trinajstić information content (AvgIpc) is 3.00. The number of hydrogen-bond donors (Lipinski definition) is 1. The molecule has 0 saturated carbocycles. The highest BCUT2D eigenvalue weighted by Crippen LogP contribution is 2.07. The van der Waals surface area contributed by atoms with E-state index < -0.39 is 15.9 Å². The number of hydrazone groups is 1. The molecule has 1 heterocycles. The molecule has 122 valence electrons. The van der Waals surface area contributed by atoms with Crippen molar-refractivity contribution in [2.45, 2.75) is 6.54 Å². The summed E-state index contributed by atoms with van der Waals surface area (Å²) in [6.45, 7) is -0.196. The molecule has 0 radical (unpaired) electrons. The number of amides is 1. The van der Waals surface area contributed by atoms with Gasteiger partial charge in [0, 0.05) is 6.54 Å². The van der Waals surface area contributed by atoms with Gasteiger partial charge in [0.25, 0.3) is 5.91 Å². The number of hydrogen-bond acceptors (Lipinski definition) is 5. The van der Waals surface area contributed by atoms with Crippen molar-refractivity contribution in [3.8, 4) is 0 Å². The summed E-state index contributed by atoms with van der Waals surface area (Å²) in [5, 5.41) is 3.72. The smallest absolute Gasteiger partial charge is 0.255 e. The normalized spacial score (nSPS) is 11.9. The second-order valence-electron chi connectivity index (χ2n) is 4.83. The highest BCUT2D eigenvalue weighted by atomic mass is 32.2. The van der Waals surface area contributed by atoms with Crippen molar-refractivity contribution in [3.05, 3.63) is 60.1 Å². The zero-order valence-electron chi connectivity index (χ0n) is 12.5. The number of sulfonamides is 1. The molecule has 0 saturated heterocycles. The summed E-state index contributed by atoms with van der Waals surface area (Å²) in [5.74, 6) is -0.0521. The summed E-state index contributed by atoms with van der Waals surface area (Å²) in [7, 11) is -3.52. The number of nitrogens with one attached hydrogen (secondary N) is 1. The zero-order valence-corrected chi connectivity index (χ0v) is 13.4. The molecule has 0 spiro atoms. The number of furan rings is 1. The van der Waals surface area contributed by atoms with Crippen LogP contribution >= 0.6 is 0 Å². The van der Waals surface area contributed by atoms with Crippen LogP contribution in [0.15, 0.2) is 58.2 Å². The summed E-state index contributed by atoms with van der Waals surface area (Å²) in [6, 6.07) is 12.4. The largest absolute Gasteiger partial charge is 0.463 e. The molecule has 2 rings (SSSR count). The van der Waals surface area contributed by atoms with Crippen LogP contribution < -0.4 is 5.43 Å². The van der Waals surface area contributed by atoms with Gasteiger partial charge in [0.05, 0.1) is 25.3 Å². The molecule has 1 aromatic carbocycles. The lowest BCUT2D eigenvalue weighted by Gasteiger charge is -2.18. The molecular weight excluding hydrogens is 318 g/mol. The first-order valence-electron chi connectivity index (χ1n) is 6.79. The van der Waals surface area contributed by atoms with Crippen LogP contribution in [0.5, 0.6) is 0 Å². The monoisotopic (exact) mass is 335 g/mol. The summed E-state index contributed by atoms with van der Waals surface area (Å²) in [5.41, 5.74) is 3.07. The summed E-state index contributed by atoms with van der Waals surface area (Å²) in [4.78, 5) is 11.9. The van der Waals surface area contributed by atoms with Gasteiger partial charge in [0.1, 0.15) is 5.76 Å². The standard InChI is InChI=1S/C15H17N3O4S/c1-23(20,21)18(11-13-6-3-2-4-7-13)12-15(19)17-16-10-14-8-5-9-22-14/h2-10H,11-12H2,1H3,(H,17,19)/b16-10-. The van der Waals surface area contributed by atoms with Crippen LogP contribution in [0, 0.1) is 0 Å². The Hall–Kier alpha value is -2.45. The molecule has 0 atom stereocenters. The molecule has 8 heteroatoms. The highest BCUT2D eigenvalue weighted by molar-refractivity contribution is 7.88. The fourth-order valence-electron chi connectivity index (χ4n) is 1.81. The first-order valence-corrected chi connectivity index (χ1v) is 8.64. The average molecular weight is 335 g/mol. The molecule has 1 aromatic heterocycles. The van der Waals surface area contributed by atoms with Crippen LogP contribution in [0.2, 0.25) is 0 Å². The van der Waals surface area contributed by atoms with Crippen molar-refractivity contribution in [2.24, 2.45) is 5.10 Å². The van der Waals surface area contributed by atoms with Crippen molar-refractivity contribution >= 4 is 22.1 Å². The van der Waals surface area contributed by atoms with E-state index in [-0.39, 0.29) is 13.1 Å². The SMILES string of the molecule is CS(=O)(=O)N(CC(=O)N/N=C\c1ccco1)Cc1ccccc1. The van der Waals surface area contributed by atoms with Crippen LogP contribution in [0.4, 0.5) is 0 Å². The molecule has 2 aromatic rings. The predicted octanol–water partition coefficient (Wildman–Crippen LogP) is 1.19. The fraction of sp³-hybridized carbons (Fsp3) is 0.200. The van der Waals surface area contributed by atoms with E-state index in [1.807, 2.05) is 18.2 Å². The third-order valence-corrected chi connectivity index (χ3v) is 4.11. The Balaban J connectivity index is 1.96. The third kappa shape index (κ3) is 5.68. The van der Waals surface area contributed by atoms with E-state index in [1.54, 1.807) is 24.3 Å². The minimum atomic E-state index is -3.52. The summed E-state index contributed by atoms with van der Waals surface area (Å²) >= 11 is 0. The third-order valence-electron chi connectivity index (χ3n) is 2.91. The van der Waals surface area contributed by atoms with Gasteiger partial charge in [-0.1, -0.05) is 30.3 Å². The quantitative estimate of drug-likeness (QED) is 0.608. The van der Waals surface area contributed by atoms with Crippen molar-refractivity contribution in [1.82, 2.24) is 9.73 Å². The van der Waals surface area contributed by atoms with E-state index >= 15 is 0 Å². The van der Waals surface area contributed by atoms with Crippen LogP contribution in [-0.4, -0.2) is 37.6 Å². The van der Waals surface area contributed by atoms with E-state index in [0.29, 0.717) is 5.76 Å². The molecular formula is C15H17N3O4S. The van der Waals surface area contributed by atoms with Gasteiger partial charge in [0.2, 0.25) is 10.0 Å². The predicted molar refractivity (Wildman–Crippen MR) is 86.1 cm³/mol. The molecule has 23 heavy (non-hydrogen) atoms. The van der Waals surface area contributed by atoms with Gasteiger partial charge in [-0.25, -0.2) is 13.8 Å². The van der Waals surface area contributed by atoms with Crippen molar-refractivity contribution < 1.29 is 17.6 Å². The Morgan fingerprint density at radius 1 is 1.26 bits per heavy atom. The van der Waals surface area contributed by atoms with Gasteiger partial charge in [-0.3, -0.25) is 4.79 Å². The summed E-state index contributed by atoms with van der Waals surface area (Å²) < 4.78 is 29.8. The minimum Gasteiger partial charge on any atom is -0.463 e. The Labute approximate surface area is 134 Å². The van der Waals surface area contributed by atoms with Crippen LogP contribution in [0.25, 0.3) is 0 Å². The number of benzene rings is 1. The van der Waals surface area contributed by atoms with Gasteiger partial charge in [-0.05, 0) is 17.7 Å². The molecule has 0 aliphatic rings. The topological polar surface area (TPSA) is 92.0 Å². The van der Waals surface area contributed by atoms with Crippen molar-refractivity contribution in [3.63, 3.8) is 0 Å². The lowest BCUT2D eigenvalue weighted by molar-refractivity contribution is -0.121. The molecule has 0 aliphatic heterocycles. The fourth-order valence-corrected chi connectivity index (χ4v) is 2.54. The van der Waals surface area contributed by atoms with E-state index in [0.717, 1.165) is 16.1 Å². The molecule has 7 nitrogen and oxygen atoms in total. The molecule has 0 unspecified atom stereocenters. The van der Waals surface area contributed by atoms with Crippen LogP contribution in [0.1, 0.15) is 11.3 Å². The number of carbonyl (C=O) groups is 1. The van der Waals surface area contributed by atoms with E-state index in [2.05, 4.69) is 10.5 Å². The first-order chi connectivity index (χ1) is 10.9.